The molecular formula is C10H12N2O5. The molecule has 0 saturated heterocycles. The van der Waals surface area contributed by atoms with Crippen LogP contribution in [0.15, 0.2) is 12.1 Å². The lowest BCUT2D eigenvalue weighted by Gasteiger charge is -2.11. The monoisotopic (exact) mass is 240 g/mol. The lowest BCUT2D eigenvalue weighted by Crippen LogP contribution is -2.03. The third-order valence-electron chi connectivity index (χ3n) is 2.66. The molecule has 0 aliphatic rings. The van der Waals surface area contributed by atoms with Gasteiger partial charge in [-0.3, -0.25) is 20.2 Å². The predicted molar refractivity (Wildman–Crippen MR) is 60.1 cm³/mol. The van der Waals surface area contributed by atoms with Crippen LogP contribution < -0.4 is 0 Å². The van der Waals surface area contributed by atoms with Gasteiger partial charge in [0.15, 0.2) is 0 Å². The standard InChI is InChI=1S/C10H12N2O5/c1-3-6(2)9-8(13)5-4-7(11(14)15)10(9)12(16)17/h4-6,13H,3H2,1-2H3. The molecule has 1 N–H and O–H groups in total. The maximum absolute atomic E-state index is 10.9. The van der Waals surface area contributed by atoms with Crippen LogP contribution in [-0.4, -0.2) is 15.0 Å². The number of aromatic hydroxyl groups is 1. The molecule has 7 heteroatoms. The summed E-state index contributed by atoms with van der Waals surface area (Å²) in [5, 5.41) is 31.3. The molecule has 1 aromatic rings. The molecule has 0 radical (unpaired) electrons. The summed E-state index contributed by atoms with van der Waals surface area (Å²) in [6.45, 7) is 3.46. The zero-order valence-electron chi connectivity index (χ0n) is 9.41. The molecule has 0 amide bonds. The van der Waals surface area contributed by atoms with E-state index in [0.717, 1.165) is 12.1 Å². The van der Waals surface area contributed by atoms with Gasteiger partial charge in [-0.15, -0.1) is 0 Å². The number of phenolic OH excluding ortho intramolecular Hbond substituents is 1. The molecule has 0 spiro atoms. The Hall–Kier alpha value is -2.18. The Morgan fingerprint density at radius 1 is 1.29 bits per heavy atom. The van der Waals surface area contributed by atoms with Gasteiger partial charge in [-0.05, 0) is 18.4 Å². The van der Waals surface area contributed by atoms with Crippen molar-refractivity contribution in [3.05, 3.63) is 37.9 Å². The first-order valence-corrected chi connectivity index (χ1v) is 5.04. The first kappa shape index (κ1) is 12.9. The second-order valence-electron chi connectivity index (χ2n) is 3.69. The zero-order valence-corrected chi connectivity index (χ0v) is 9.41. The quantitative estimate of drug-likeness (QED) is 0.643. The summed E-state index contributed by atoms with van der Waals surface area (Å²) in [5.41, 5.74) is -1.20. The van der Waals surface area contributed by atoms with Crippen LogP contribution in [0.5, 0.6) is 5.75 Å². The normalized spacial score (nSPS) is 12.1. The minimum absolute atomic E-state index is 0.0201. The summed E-state index contributed by atoms with van der Waals surface area (Å²) in [5.74, 6) is -0.605. The highest BCUT2D eigenvalue weighted by Crippen LogP contribution is 2.41. The maximum Gasteiger partial charge on any atom is 0.353 e. The van der Waals surface area contributed by atoms with Gasteiger partial charge in [0.05, 0.1) is 15.4 Å². The van der Waals surface area contributed by atoms with Gasteiger partial charge in [0.25, 0.3) is 0 Å². The van der Waals surface area contributed by atoms with Crippen LogP contribution in [0.2, 0.25) is 0 Å². The van der Waals surface area contributed by atoms with E-state index in [2.05, 4.69) is 0 Å². The third kappa shape index (κ3) is 2.32. The van der Waals surface area contributed by atoms with Crippen LogP contribution in [0, 0.1) is 20.2 Å². The van der Waals surface area contributed by atoms with Gasteiger partial charge in [-0.2, -0.15) is 0 Å². The lowest BCUT2D eigenvalue weighted by atomic mass is 9.95. The Bertz CT molecular complexity index is 472. The first-order valence-electron chi connectivity index (χ1n) is 5.04. The fourth-order valence-electron chi connectivity index (χ4n) is 1.62. The molecule has 92 valence electrons. The minimum atomic E-state index is -0.820. The van der Waals surface area contributed by atoms with Crippen molar-refractivity contribution >= 4 is 11.4 Å². The topological polar surface area (TPSA) is 107 Å². The predicted octanol–water partition coefficient (Wildman–Crippen LogP) is 2.72. The number of phenols is 1. The fourth-order valence-corrected chi connectivity index (χ4v) is 1.62. The second kappa shape index (κ2) is 4.77. The van der Waals surface area contributed by atoms with Gasteiger partial charge in [-0.1, -0.05) is 13.8 Å². The van der Waals surface area contributed by atoms with Crippen molar-refractivity contribution in [2.24, 2.45) is 0 Å². The van der Waals surface area contributed by atoms with Gasteiger partial charge >= 0.3 is 11.4 Å². The van der Waals surface area contributed by atoms with Crippen molar-refractivity contribution in [2.45, 2.75) is 26.2 Å². The zero-order chi connectivity index (χ0) is 13.2. The van der Waals surface area contributed by atoms with E-state index in [-0.39, 0.29) is 17.2 Å². The number of benzene rings is 1. The lowest BCUT2D eigenvalue weighted by molar-refractivity contribution is -0.423. The van der Waals surface area contributed by atoms with Crippen LogP contribution in [0.3, 0.4) is 0 Å². The van der Waals surface area contributed by atoms with Crippen molar-refractivity contribution in [1.82, 2.24) is 0 Å². The average molecular weight is 240 g/mol. The molecule has 0 aliphatic heterocycles. The molecule has 1 atom stereocenters. The van der Waals surface area contributed by atoms with Crippen LogP contribution >= 0.6 is 0 Å². The average Bonchev–Trinajstić information content (AvgIpc) is 2.26. The summed E-state index contributed by atoms with van der Waals surface area (Å²) in [4.78, 5) is 20.0. The number of hydrogen-bond donors (Lipinski definition) is 1. The number of rotatable bonds is 4. The van der Waals surface area contributed by atoms with Crippen molar-refractivity contribution in [1.29, 1.82) is 0 Å². The molecular weight excluding hydrogens is 228 g/mol. The third-order valence-corrected chi connectivity index (χ3v) is 2.66. The molecule has 0 bridgehead atoms. The summed E-state index contributed by atoms with van der Waals surface area (Å²) in [6, 6.07) is 2.06. The highest BCUT2D eigenvalue weighted by atomic mass is 16.6. The Kier molecular flexibility index (Phi) is 3.62. The SMILES string of the molecule is CCC(C)c1c(O)ccc([N+](=O)[O-])c1[N+](=O)[O-]. The van der Waals surface area contributed by atoms with Crippen LogP contribution in [0.25, 0.3) is 0 Å². The van der Waals surface area contributed by atoms with E-state index < -0.39 is 21.2 Å². The van der Waals surface area contributed by atoms with Crippen molar-refractivity contribution in [3.63, 3.8) is 0 Å². The summed E-state index contributed by atoms with van der Waals surface area (Å²) >= 11 is 0. The number of nitrogens with zero attached hydrogens (tertiary/aromatic N) is 2. The highest BCUT2D eigenvalue weighted by Gasteiger charge is 2.32. The smallest absolute Gasteiger partial charge is 0.353 e. The van der Waals surface area contributed by atoms with Gasteiger partial charge in [0.1, 0.15) is 5.75 Å². The molecule has 0 aromatic heterocycles. The fraction of sp³-hybridized carbons (Fsp3) is 0.400. The maximum atomic E-state index is 10.9. The molecule has 0 heterocycles. The van der Waals surface area contributed by atoms with E-state index in [4.69, 9.17) is 0 Å². The molecule has 1 aromatic carbocycles. The van der Waals surface area contributed by atoms with Crippen molar-refractivity contribution < 1.29 is 15.0 Å². The van der Waals surface area contributed by atoms with Gasteiger partial charge in [0, 0.05) is 6.07 Å². The Balaban J connectivity index is 3.60. The summed E-state index contributed by atoms with van der Waals surface area (Å²) < 4.78 is 0. The Morgan fingerprint density at radius 3 is 2.29 bits per heavy atom. The van der Waals surface area contributed by atoms with E-state index in [1.165, 1.54) is 0 Å². The largest absolute Gasteiger partial charge is 0.507 e. The summed E-state index contributed by atoms with van der Waals surface area (Å²) in [7, 11) is 0. The first-order chi connectivity index (χ1) is 7.90. The molecule has 1 unspecified atom stereocenters. The van der Waals surface area contributed by atoms with Crippen LogP contribution in [0.4, 0.5) is 11.4 Å². The second-order valence-corrected chi connectivity index (χ2v) is 3.69. The van der Waals surface area contributed by atoms with Gasteiger partial charge in [-0.25, -0.2) is 0 Å². The van der Waals surface area contributed by atoms with E-state index in [1.54, 1.807) is 13.8 Å². The molecule has 17 heavy (non-hydrogen) atoms. The van der Waals surface area contributed by atoms with E-state index >= 15 is 0 Å². The highest BCUT2D eigenvalue weighted by molar-refractivity contribution is 5.63. The Morgan fingerprint density at radius 2 is 1.88 bits per heavy atom. The summed E-state index contributed by atoms with van der Waals surface area (Å²) in [6.07, 6.45) is 0.537. The van der Waals surface area contributed by atoms with Gasteiger partial charge < -0.3 is 5.11 Å². The minimum Gasteiger partial charge on any atom is -0.507 e. The van der Waals surface area contributed by atoms with Crippen molar-refractivity contribution in [2.75, 3.05) is 0 Å². The number of nitro benzene ring substituents is 2. The van der Waals surface area contributed by atoms with Gasteiger partial charge in [0.2, 0.25) is 0 Å². The Labute approximate surface area is 97.0 Å². The molecule has 0 fully saturated rings. The number of nitro groups is 2. The van der Waals surface area contributed by atoms with Crippen molar-refractivity contribution in [3.8, 4) is 5.75 Å². The van der Waals surface area contributed by atoms with Crippen LogP contribution in [-0.2, 0) is 0 Å². The van der Waals surface area contributed by atoms with E-state index in [9.17, 15) is 25.3 Å². The molecule has 0 aliphatic carbocycles. The molecule has 7 nitrogen and oxygen atoms in total. The van der Waals surface area contributed by atoms with Crippen LogP contribution in [0.1, 0.15) is 31.7 Å². The van der Waals surface area contributed by atoms with E-state index in [0.29, 0.717) is 6.42 Å². The molecule has 0 saturated carbocycles. The van der Waals surface area contributed by atoms with E-state index in [1.807, 2.05) is 0 Å². The molecule has 1 rings (SSSR count). The number of hydrogen-bond acceptors (Lipinski definition) is 5.